The topological polar surface area (TPSA) is 61.4 Å². The molecular formula is C23H24Cl2N2O2. The van der Waals surface area contributed by atoms with Crippen LogP contribution in [0.15, 0.2) is 59.8 Å². The molecule has 0 spiro atoms. The lowest BCUT2D eigenvalue weighted by molar-refractivity contribution is -0.122. The number of hydrogen-bond donors (Lipinski definition) is 3. The van der Waals surface area contributed by atoms with Crippen LogP contribution in [0.2, 0.25) is 10.0 Å². The predicted octanol–water partition coefficient (Wildman–Crippen LogP) is 4.76. The van der Waals surface area contributed by atoms with Crippen molar-refractivity contribution in [3.8, 4) is 0 Å². The third-order valence-corrected chi connectivity index (χ3v) is 6.82. The van der Waals surface area contributed by atoms with Gasteiger partial charge in [0.1, 0.15) is 0 Å². The minimum Gasteiger partial charge on any atom is -0.356 e. The van der Waals surface area contributed by atoms with Crippen LogP contribution in [0, 0.1) is 5.92 Å². The van der Waals surface area contributed by atoms with Crippen molar-refractivity contribution in [2.75, 3.05) is 0 Å². The number of amides is 1. The zero-order valence-corrected chi connectivity index (χ0v) is 17.5. The first kappa shape index (κ1) is 20.3. The first-order valence-electron chi connectivity index (χ1n) is 9.99. The van der Waals surface area contributed by atoms with E-state index in [0.29, 0.717) is 28.0 Å². The molecule has 2 aromatic rings. The quantitative estimate of drug-likeness (QED) is 0.654. The number of benzene rings is 2. The van der Waals surface area contributed by atoms with Crippen molar-refractivity contribution in [2.45, 2.75) is 44.4 Å². The lowest BCUT2D eigenvalue weighted by Crippen LogP contribution is -2.52. The standard InChI is InChI=1S/C23H24Cl2N2O2/c24-19-8-4-7-17(20(19)25)13-18-21(26-23(29)27-22(18)28)16-11-9-15(10-12-16)14-5-2-1-3-6-14/h1-8,15-16,23,26,29H,9-13H2,(H,27,28)/t15-,16-,23?. The van der Waals surface area contributed by atoms with E-state index in [1.54, 1.807) is 6.07 Å². The molecule has 1 atom stereocenters. The molecule has 0 bridgehead atoms. The van der Waals surface area contributed by atoms with Gasteiger partial charge in [-0.25, -0.2) is 0 Å². The molecule has 0 radical (unpaired) electrons. The van der Waals surface area contributed by atoms with E-state index >= 15 is 0 Å². The van der Waals surface area contributed by atoms with Gasteiger partial charge in [-0.05, 0) is 54.7 Å². The zero-order valence-electron chi connectivity index (χ0n) is 16.0. The maximum Gasteiger partial charge on any atom is 0.252 e. The summed E-state index contributed by atoms with van der Waals surface area (Å²) < 4.78 is 0. The first-order chi connectivity index (χ1) is 14.0. The Bertz CT molecular complexity index is 922. The van der Waals surface area contributed by atoms with Crippen LogP contribution in [0.4, 0.5) is 0 Å². The van der Waals surface area contributed by atoms with Gasteiger partial charge in [-0.3, -0.25) is 4.79 Å². The molecule has 1 aliphatic heterocycles. The monoisotopic (exact) mass is 430 g/mol. The molecule has 6 heteroatoms. The molecule has 1 saturated carbocycles. The van der Waals surface area contributed by atoms with Crippen LogP contribution >= 0.6 is 23.2 Å². The number of nitrogens with one attached hydrogen (secondary N) is 2. The summed E-state index contributed by atoms with van der Waals surface area (Å²) in [5.41, 5.74) is 3.64. The molecule has 1 heterocycles. The number of hydrogen-bond acceptors (Lipinski definition) is 3. The number of carbonyl (C=O) groups is 1. The molecule has 0 aromatic heterocycles. The Morgan fingerprint density at radius 2 is 1.59 bits per heavy atom. The van der Waals surface area contributed by atoms with Gasteiger partial charge in [0.15, 0.2) is 0 Å². The van der Waals surface area contributed by atoms with Crippen LogP contribution in [0.1, 0.15) is 42.7 Å². The van der Waals surface area contributed by atoms with Crippen LogP contribution < -0.4 is 10.6 Å². The van der Waals surface area contributed by atoms with Crippen LogP contribution in [-0.4, -0.2) is 17.4 Å². The number of allylic oxidation sites excluding steroid dienone is 1. The molecule has 4 rings (SSSR count). The maximum absolute atomic E-state index is 12.7. The summed E-state index contributed by atoms with van der Waals surface area (Å²) in [6, 6.07) is 16.0. The summed E-state index contributed by atoms with van der Waals surface area (Å²) in [5, 5.41) is 16.7. The fraction of sp³-hybridized carbons (Fsp3) is 0.348. The second-order valence-corrected chi connectivity index (χ2v) is 8.55. The van der Waals surface area contributed by atoms with Gasteiger partial charge >= 0.3 is 0 Å². The Hall–Kier alpha value is -2.01. The van der Waals surface area contributed by atoms with E-state index in [4.69, 9.17) is 23.2 Å². The molecule has 0 saturated heterocycles. The summed E-state index contributed by atoms with van der Waals surface area (Å²) in [6.07, 6.45) is 3.36. The minimum atomic E-state index is -1.07. The second-order valence-electron chi connectivity index (χ2n) is 7.76. The number of aliphatic hydroxyl groups is 1. The molecule has 1 fully saturated rings. The van der Waals surface area contributed by atoms with Crippen molar-refractivity contribution >= 4 is 29.1 Å². The smallest absolute Gasteiger partial charge is 0.252 e. The molecule has 2 aromatic carbocycles. The third-order valence-electron chi connectivity index (χ3n) is 5.96. The summed E-state index contributed by atoms with van der Waals surface area (Å²) in [6.45, 7) is 0. The van der Waals surface area contributed by atoms with Crippen molar-refractivity contribution in [1.29, 1.82) is 0 Å². The Balaban J connectivity index is 1.57. The molecule has 1 amide bonds. The number of halogens is 2. The summed E-state index contributed by atoms with van der Waals surface area (Å²) >= 11 is 12.5. The fourth-order valence-corrected chi connectivity index (χ4v) is 4.85. The average molecular weight is 431 g/mol. The molecule has 1 unspecified atom stereocenters. The lowest BCUT2D eigenvalue weighted by atomic mass is 9.76. The van der Waals surface area contributed by atoms with Crippen molar-refractivity contribution < 1.29 is 9.90 Å². The Morgan fingerprint density at radius 3 is 2.31 bits per heavy atom. The van der Waals surface area contributed by atoms with Gasteiger partial charge < -0.3 is 15.7 Å². The molecule has 2 aliphatic rings. The van der Waals surface area contributed by atoms with E-state index in [1.165, 1.54) is 5.56 Å². The highest BCUT2D eigenvalue weighted by molar-refractivity contribution is 6.42. The maximum atomic E-state index is 12.7. The summed E-state index contributed by atoms with van der Waals surface area (Å²) in [5.74, 6) is 0.498. The highest BCUT2D eigenvalue weighted by Gasteiger charge is 2.32. The highest BCUT2D eigenvalue weighted by Crippen LogP contribution is 2.40. The van der Waals surface area contributed by atoms with Gasteiger partial charge in [0.2, 0.25) is 6.35 Å². The van der Waals surface area contributed by atoms with Crippen molar-refractivity contribution in [2.24, 2.45) is 5.92 Å². The molecule has 152 valence electrons. The molecule has 1 aliphatic carbocycles. The lowest BCUT2D eigenvalue weighted by Gasteiger charge is -2.35. The van der Waals surface area contributed by atoms with E-state index in [2.05, 4.69) is 34.9 Å². The van der Waals surface area contributed by atoms with E-state index in [1.807, 2.05) is 18.2 Å². The van der Waals surface area contributed by atoms with Crippen LogP contribution in [-0.2, 0) is 11.2 Å². The van der Waals surface area contributed by atoms with Gasteiger partial charge in [0.25, 0.3) is 5.91 Å². The van der Waals surface area contributed by atoms with Gasteiger partial charge in [0.05, 0.1) is 10.0 Å². The largest absolute Gasteiger partial charge is 0.356 e. The van der Waals surface area contributed by atoms with Crippen LogP contribution in [0.3, 0.4) is 0 Å². The van der Waals surface area contributed by atoms with E-state index in [9.17, 15) is 9.90 Å². The van der Waals surface area contributed by atoms with E-state index in [-0.39, 0.29) is 11.8 Å². The molecule has 4 nitrogen and oxygen atoms in total. The third kappa shape index (κ3) is 4.45. The van der Waals surface area contributed by atoms with E-state index in [0.717, 1.165) is 36.9 Å². The van der Waals surface area contributed by atoms with Gasteiger partial charge in [0, 0.05) is 17.7 Å². The average Bonchev–Trinajstić information content (AvgIpc) is 2.73. The highest BCUT2D eigenvalue weighted by atomic mass is 35.5. The van der Waals surface area contributed by atoms with Gasteiger partial charge in [-0.2, -0.15) is 0 Å². The summed E-state index contributed by atoms with van der Waals surface area (Å²) in [7, 11) is 0. The molecule has 29 heavy (non-hydrogen) atoms. The fourth-order valence-electron chi connectivity index (χ4n) is 4.46. The van der Waals surface area contributed by atoms with Gasteiger partial charge in [-0.1, -0.05) is 65.7 Å². The van der Waals surface area contributed by atoms with Crippen molar-refractivity contribution in [1.82, 2.24) is 10.6 Å². The molecular weight excluding hydrogens is 407 g/mol. The zero-order chi connectivity index (χ0) is 20.4. The summed E-state index contributed by atoms with van der Waals surface area (Å²) in [4.78, 5) is 12.7. The second kappa shape index (κ2) is 8.78. The molecule has 3 N–H and O–H groups in total. The normalized spacial score (nSPS) is 24.8. The Kier molecular flexibility index (Phi) is 6.14. The first-order valence-corrected chi connectivity index (χ1v) is 10.7. The number of aliphatic hydroxyl groups excluding tert-OH is 1. The Labute approximate surface area is 180 Å². The van der Waals surface area contributed by atoms with Crippen molar-refractivity contribution in [3.05, 3.63) is 81.0 Å². The minimum absolute atomic E-state index is 0.212. The number of carbonyl (C=O) groups excluding carboxylic acids is 1. The predicted molar refractivity (Wildman–Crippen MR) is 116 cm³/mol. The van der Waals surface area contributed by atoms with Crippen LogP contribution in [0.5, 0.6) is 0 Å². The number of rotatable bonds is 4. The van der Waals surface area contributed by atoms with Crippen LogP contribution in [0.25, 0.3) is 0 Å². The Morgan fingerprint density at radius 1 is 0.897 bits per heavy atom. The SMILES string of the molecule is O=C1NC(O)NC([C@H]2CC[C@H](c3ccccc3)CC2)=C1Cc1cccc(Cl)c1Cl. The van der Waals surface area contributed by atoms with Crippen molar-refractivity contribution in [3.63, 3.8) is 0 Å². The van der Waals surface area contributed by atoms with E-state index < -0.39 is 6.35 Å². The van der Waals surface area contributed by atoms with Gasteiger partial charge in [-0.15, -0.1) is 0 Å².